The number of pyridine rings is 1. The maximum Gasteiger partial charge on any atom is 0.182 e. The molecule has 4 aliphatic rings. The molecule has 6 rings (SSSR count). The molecule has 3 aliphatic heterocycles. The highest BCUT2D eigenvalue weighted by Gasteiger charge is 2.39. The number of ether oxygens (including phenoxy) is 1. The summed E-state index contributed by atoms with van der Waals surface area (Å²) in [6.45, 7) is 11.2. The number of halogens is 1. The Hall–Kier alpha value is -2.50. The minimum absolute atomic E-state index is 0.181. The monoisotopic (exact) mass is 392 g/mol. The summed E-state index contributed by atoms with van der Waals surface area (Å²) >= 11 is 0. The summed E-state index contributed by atoms with van der Waals surface area (Å²) in [6, 6.07) is 1.57. The van der Waals surface area contributed by atoms with Crippen LogP contribution in [0.15, 0.2) is 35.6 Å². The van der Waals surface area contributed by atoms with Gasteiger partial charge in [0.2, 0.25) is 0 Å². The molecule has 1 N–H and O–H groups in total. The number of benzene rings is 1. The highest BCUT2D eigenvalue weighted by Crippen LogP contribution is 2.47. The van der Waals surface area contributed by atoms with E-state index < -0.39 is 6.29 Å². The third kappa shape index (κ3) is 2.41. The number of aliphatic hydroxyl groups is 1. The molecule has 5 heteroatoms. The highest BCUT2D eigenvalue weighted by atomic mass is 19.1. The molecule has 0 saturated heterocycles. The molecular weight excluding hydrogens is 367 g/mol. The van der Waals surface area contributed by atoms with Crippen LogP contribution in [-0.4, -0.2) is 27.9 Å². The van der Waals surface area contributed by atoms with Gasteiger partial charge in [0, 0.05) is 33.9 Å². The van der Waals surface area contributed by atoms with Gasteiger partial charge < -0.3 is 14.7 Å². The highest BCUT2D eigenvalue weighted by molar-refractivity contribution is 5.92. The van der Waals surface area contributed by atoms with Crippen molar-refractivity contribution in [1.82, 2.24) is 9.88 Å². The third-order valence-electron chi connectivity index (χ3n) is 6.49. The lowest BCUT2D eigenvalue weighted by Crippen LogP contribution is -2.21. The molecule has 29 heavy (non-hydrogen) atoms. The second-order valence-electron chi connectivity index (χ2n) is 7.79. The second kappa shape index (κ2) is 6.51. The number of hydrogen-bond acceptors (Lipinski definition) is 4. The number of aromatic nitrogens is 1. The number of nitrogens with zero attached hydrogens (tertiary/aromatic N) is 2. The number of rotatable bonds is 0. The first kappa shape index (κ1) is 18.5. The quantitative estimate of drug-likeness (QED) is 0.716. The summed E-state index contributed by atoms with van der Waals surface area (Å²) in [7, 11) is 0. The minimum Gasteiger partial charge on any atom is -0.364 e. The molecule has 0 bridgehead atoms. The lowest BCUT2D eigenvalue weighted by atomic mass is 9.85. The second-order valence-corrected chi connectivity index (χ2v) is 7.79. The van der Waals surface area contributed by atoms with Crippen molar-refractivity contribution in [1.29, 1.82) is 0 Å². The topological polar surface area (TPSA) is 45.6 Å². The average molecular weight is 392 g/mol. The number of fused-ring (bicyclic) bond motifs is 4. The summed E-state index contributed by atoms with van der Waals surface area (Å²) in [4.78, 5) is 7.04. The van der Waals surface area contributed by atoms with Crippen LogP contribution >= 0.6 is 0 Å². The predicted molar refractivity (Wildman–Crippen MR) is 111 cm³/mol. The Morgan fingerprint density at radius 2 is 2.00 bits per heavy atom. The summed E-state index contributed by atoms with van der Waals surface area (Å²) < 4.78 is 19.9. The van der Waals surface area contributed by atoms with E-state index in [9.17, 15) is 9.50 Å². The van der Waals surface area contributed by atoms with E-state index in [1.54, 1.807) is 6.07 Å². The van der Waals surface area contributed by atoms with Crippen LogP contribution in [0.25, 0.3) is 16.6 Å². The van der Waals surface area contributed by atoms with E-state index in [1.807, 2.05) is 26.8 Å². The molecule has 0 amide bonds. The summed E-state index contributed by atoms with van der Waals surface area (Å²) in [5.41, 5.74) is 9.55. The Morgan fingerprint density at radius 1 is 1.24 bits per heavy atom. The summed E-state index contributed by atoms with van der Waals surface area (Å²) in [5.74, 6) is -0.181. The van der Waals surface area contributed by atoms with Gasteiger partial charge in [0.1, 0.15) is 5.82 Å². The minimum atomic E-state index is -0.916. The molecule has 0 saturated carbocycles. The molecular formula is C24H25FN2O2. The van der Waals surface area contributed by atoms with Crippen LogP contribution in [0.5, 0.6) is 0 Å². The van der Waals surface area contributed by atoms with E-state index in [-0.39, 0.29) is 5.82 Å². The fourth-order valence-electron chi connectivity index (χ4n) is 5.07. The first-order valence-corrected chi connectivity index (χ1v) is 10.4. The summed E-state index contributed by atoms with van der Waals surface area (Å²) in [5, 5.41) is 11.3. The van der Waals surface area contributed by atoms with Crippen LogP contribution in [0.4, 0.5) is 4.39 Å². The average Bonchev–Trinajstić information content (AvgIpc) is 3.30. The smallest absolute Gasteiger partial charge is 0.182 e. The zero-order valence-corrected chi connectivity index (χ0v) is 17.1. The van der Waals surface area contributed by atoms with Crippen molar-refractivity contribution >= 4 is 16.6 Å². The molecule has 1 aromatic heterocycles. The van der Waals surface area contributed by atoms with E-state index >= 15 is 0 Å². The zero-order chi connectivity index (χ0) is 20.4. The van der Waals surface area contributed by atoms with Crippen molar-refractivity contribution in [3.8, 4) is 0 Å². The van der Waals surface area contributed by atoms with Crippen molar-refractivity contribution in [2.75, 3.05) is 6.61 Å². The zero-order valence-electron chi connectivity index (χ0n) is 17.1. The van der Waals surface area contributed by atoms with Gasteiger partial charge in [-0.2, -0.15) is 0 Å². The number of aliphatic hydroxyl groups excluding tert-OH is 1. The van der Waals surface area contributed by atoms with Crippen LogP contribution in [0.2, 0.25) is 0 Å². The maximum absolute atomic E-state index is 14.5. The number of hydrogen-bond donors (Lipinski definition) is 1. The van der Waals surface area contributed by atoms with Gasteiger partial charge in [-0.1, -0.05) is 20.4 Å². The third-order valence-corrected chi connectivity index (χ3v) is 6.49. The molecule has 2 aromatic rings. The molecule has 0 radical (unpaired) electrons. The number of aryl methyl sites for hydroxylation is 2. The van der Waals surface area contributed by atoms with Gasteiger partial charge in [0.05, 0.1) is 30.1 Å². The van der Waals surface area contributed by atoms with Gasteiger partial charge in [0.15, 0.2) is 6.29 Å². The van der Waals surface area contributed by atoms with Crippen LogP contribution in [-0.2, 0) is 24.1 Å². The van der Waals surface area contributed by atoms with Gasteiger partial charge in [0.25, 0.3) is 0 Å². The Bertz CT molecular complexity index is 1150. The van der Waals surface area contributed by atoms with Crippen molar-refractivity contribution < 1.29 is 14.2 Å². The predicted octanol–water partition coefficient (Wildman–Crippen LogP) is 4.53. The Balaban J connectivity index is 0.000000882. The van der Waals surface area contributed by atoms with Crippen molar-refractivity contribution in [3.05, 3.63) is 69.3 Å². The summed E-state index contributed by atoms with van der Waals surface area (Å²) in [6.07, 6.45) is 3.98. The Morgan fingerprint density at radius 3 is 2.79 bits per heavy atom. The fraction of sp³-hybridized carbons (Fsp3) is 0.375. The van der Waals surface area contributed by atoms with Crippen LogP contribution < -0.4 is 0 Å². The van der Waals surface area contributed by atoms with E-state index in [0.717, 1.165) is 76.1 Å². The van der Waals surface area contributed by atoms with Crippen molar-refractivity contribution in [2.45, 2.75) is 52.9 Å². The van der Waals surface area contributed by atoms with E-state index in [4.69, 9.17) is 9.72 Å². The van der Waals surface area contributed by atoms with Crippen LogP contribution in [0.1, 0.15) is 48.2 Å². The van der Waals surface area contributed by atoms with Gasteiger partial charge in [-0.05, 0) is 49.0 Å². The van der Waals surface area contributed by atoms with Crippen LogP contribution in [0.3, 0.4) is 0 Å². The largest absolute Gasteiger partial charge is 0.364 e. The normalized spacial score (nSPS) is 21.6. The molecule has 150 valence electrons. The van der Waals surface area contributed by atoms with E-state index in [0.29, 0.717) is 6.61 Å². The van der Waals surface area contributed by atoms with Gasteiger partial charge >= 0.3 is 0 Å². The van der Waals surface area contributed by atoms with Gasteiger partial charge in [-0.25, -0.2) is 9.37 Å². The van der Waals surface area contributed by atoms with Gasteiger partial charge in [-0.3, -0.25) is 0 Å². The first-order chi connectivity index (χ1) is 14.0. The lowest BCUT2D eigenvalue weighted by molar-refractivity contribution is -0.0439. The van der Waals surface area contributed by atoms with E-state index in [2.05, 4.69) is 11.5 Å². The molecule has 0 fully saturated rings. The fourth-order valence-corrected chi connectivity index (χ4v) is 5.07. The molecule has 1 aromatic carbocycles. The standard InChI is InChI=1S/C22H19FN2O2.C2H6/c1-10-12-4-3-5-13-15-8-25-11(2)16-9-27-22(26)14(16)6-19(25)21(15)24-18(20(12)13)7-17(10)23;1-2/h6-7,22,26H,2-5,8-9H2,1H3;1-2H3. The van der Waals surface area contributed by atoms with Crippen molar-refractivity contribution in [2.24, 2.45) is 0 Å². The molecule has 4 heterocycles. The molecule has 1 unspecified atom stereocenters. The van der Waals surface area contributed by atoms with E-state index in [1.165, 1.54) is 11.1 Å². The SMILES string of the molecule is C=C1C2=C(C=C3c4nc5cc(F)c(C)c6c5c(c4CN13)CCC6)C(O)OC2.CC. The molecule has 1 atom stereocenters. The van der Waals surface area contributed by atoms with Gasteiger partial charge in [-0.15, -0.1) is 0 Å². The molecule has 1 aliphatic carbocycles. The molecule has 4 nitrogen and oxygen atoms in total. The van der Waals surface area contributed by atoms with Crippen molar-refractivity contribution in [3.63, 3.8) is 0 Å². The van der Waals surface area contributed by atoms with Crippen LogP contribution in [0, 0.1) is 12.7 Å². The first-order valence-electron chi connectivity index (χ1n) is 10.4. The molecule has 0 spiro atoms. The Labute approximate surface area is 170 Å². The maximum atomic E-state index is 14.5. The lowest BCUT2D eigenvalue weighted by Gasteiger charge is -2.27. The Kier molecular flexibility index (Phi) is 4.16.